The molecule has 0 aliphatic carbocycles. The highest BCUT2D eigenvalue weighted by molar-refractivity contribution is 6.05. The molecule has 112 valence electrons. The van der Waals surface area contributed by atoms with Crippen LogP contribution < -0.4 is 10.1 Å². The second kappa shape index (κ2) is 5.48. The summed E-state index contributed by atoms with van der Waals surface area (Å²) in [6, 6.07) is 9.16. The van der Waals surface area contributed by atoms with Gasteiger partial charge in [-0.25, -0.2) is 9.37 Å². The highest BCUT2D eigenvalue weighted by Crippen LogP contribution is 2.21. The Bertz CT molecular complexity index is 858. The van der Waals surface area contributed by atoms with Gasteiger partial charge in [0.15, 0.2) is 23.0 Å². The van der Waals surface area contributed by atoms with Gasteiger partial charge < -0.3 is 14.5 Å². The summed E-state index contributed by atoms with van der Waals surface area (Å²) in [5.74, 6) is -0.356. The minimum atomic E-state index is -0.585. The highest BCUT2D eigenvalue weighted by Gasteiger charge is 2.11. The van der Waals surface area contributed by atoms with Gasteiger partial charge in [-0.1, -0.05) is 0 Å². The minimum Gasteiger partial charge on any atom is -0.494 e. The number of nitrogens with zero attached hydrogens (tertiary/aromatic N) is 1. The van der Waals surface area contributed by atoms with Gasteiger partial charge in [-0.05, 0) is 36.4 Å². The number of benzene rings is 2. The Balaban J connectivity index is 1.84. The molecule has 0 bridgehead atoms. The molecule has 0 spiro atoms. The lowest BCUT2D eigenvalue weighted by Gasteiger charge is -2.07. The molecule has 3 aromatic rings. The summed E-state index contributed by atoms with van der Waals surface area (Å²) < 4.78 is 23.8. The van der Waals surface area contributed by atoms with Crippen molar-refractivity contribution >= 4 is 22.7 Å². The normalized spacial score (nSPS) is 10.7. The predicted molar refractivity (Wildman–Crippen MR) is 79.7 cm³/mol. The Labute approximate surface area is 125 Å². The maximum atomic E-state index is 13.6. The lowest BCUT2D eigenvalue weighted by molar-refractivity contribution is 0.102. The van der Waals surface area contributed by atoms with E-state index in [1.165, 1.54) is 19.2 Å². The molecule has 1 amide bonds. The van der Waals surface area contributed by atoms with Crippen LogP contribution in [0.1, 0.15) is 16.2 Å². The van der Waals surface area contributed by atoms with Crippen LogP contribution in [0.2, 0.25) is 0 Å². The lowest BCUT2D eigenvalue weighted by Crippen LogP contribution is -2.12. The number of hydrogen-bond acceptors (Lipinski definition) is 4. The van der Waals surface area contributed by atoms with Gasteiger partial charge in [0.05, 0.1) is 7.11 Å². The van der Waals surface area contributed by atoms with Gasteiger partial charge in [0, 0.05) is 18.2 Å². The fraction of sp³-hybridized carbons (Fsp3) is 0.125. The summed E-state index contributed by atoms with van der Waals surface area (Å²) in [6.07, 6.45) is 0. The van der Waals surface area contributed by atoms with E-state index in [1.54, 1.807) is 25.1 Å². The van der Waals surface area contributed by atoms with Gasteiger partial charge in [0.2, 0.25) is 0 Å². The number of fused-ring (bicyclic) bond motifs is 1. The average molecular weight is 300 g/mol. The number of aromatic nitrogens is 1. The summed E-state index contributed by atoms with van der Waals surface area (Å²) in [5, 5.41) is 2.70. The van der Waals surface area contributed by atoms with Gasteiger partial charge in [-0.15, -0.1) is 0 Å². The number of halogens is 1. The van der Waals surface area contributed by atoms with E-state index in [9.17, 15) is 9.18 Å². The van der Waals surface area contributed by atoms with Crippen LogP contribution in [-0.4, -0.2) is 18.0 Å². The topological polar surface area (TPSA) is 64.4 Å². The summed E-state index contributed by atoms with van der Waals surface area (Å²) in [6.45, 7) is 1.75. The number of amides is 1. The van der Waals surface area contributed by atoms with Crippen molar-refractivity contribution in [1.82, 2.24) is 4.98 Å². The van der Waals surface area contributed by atoms with E-state index in [-0.39, 0.29) is 11.3 Å². The van der Waals surface area contributed by atoms with Crippen molar-refractivity contribution in [3.05, 3.63) is 53.7 Å². The smallest absolute Gasteiger partial charge is 0.255 e. The molecule has 0 radical (unpaired) electrons. The van der Waals surface area contributed by atoms with Crippen LogP contribution in [-0.2, 0) is 0 Å². The first kappa shape index (κ1) is 14.1. The van der Waals surface area contributed by atoms with Crippen LogP contribution >= 0.6 is 0 Å². The van der Waals surface area contributed by atoms with Crippen molar-refractivity contribution in [3.8, 4) is 5.75 Å². The fourth-order valence-corrected chi connectivity index (χ4v) is 2.13. The molecule has 2 aromatic carbocycles. The third kappa shape index (κ3) is 2.63. The van der Waals surface area contributed by atoms with Crippen molar-refractivity contribution in [2.45, 2.75) is 6.92 Å². The number of oxazole rings is 1. The molecule has 3 rings (SSSR count). The maximum absolute atomic E-state index is 13.6. The van der Waals surface area contributed by atoms with Crippen LogP contribution in [0.25, 0.3) is 11.1 Å². The van der Waals surface area contributed by atoms with E-state index in [0.29, 0.717) is 22.7 Å². The zero-order valence-corrected chi connectivity index (χ0v) is 12.0. The molecule has 0 saturated carbocycles. The van der Waals surface area contributed by atoms with Gasteiger partial charge in [0.25, 0.3) is 5.91 Å². The van der Waals surface area contributed by atoms with E-state index in [0.717, 1.165) is 6.07 Å². The Morgan fingerprint density at radius 2 is 2.09 bits per heavy atom. The van der Waals surface area contributed by atoms with E-state index >= 15 is 0 Å². The minimum absolute atomic E-state index is 0.0936. The van der Waals surface area contributed by atoms with Crippen molar-refractivity contribution < 1.29 is 18.3 Å². The number of hydrogen-bond donors (Lipinski definition) is 1. The Hall–Kier alpha value is -2.89. The van der Waals surface area contributed by atoms with E-state index in [4.69, 9.17) is 9.15 Å². The second-order valence-corrected chi connectivity index (χ2v) is 4.72. The molecule has 0 atom stereocenters. The van der Waals surface area contributed by atoms with Gasteiger partial charge in [0.1, 0.15) is 5.52 Å². The van der Waals surface area contributed by atoms with Crippen LogP contribution in [0.3, 0.4) is 0 Å². The molecule has 0 fully saturated rings. The Kier molecular flexibility index (Phi) is 3.50. The zero-order valence-electron chi connectivity index (χ0n) is 12.0. The molecule has 1 aromatic heterocycles. The quantitative estimate of drug-likeness (QED) is 0.803. The van der Waals surface area contributed by atoms with Crippen LogP contribution in [0.4, 0.5) is 10.1 Å². The second-order valence-electron chi connectivity index (χ2n) is 4.72. The predicted octanol–water partition coefficient (Wildman–Crippen LogP) is 3.54. The van der Waals surface area contributed by atoms with Crippen LogP contribution in [0, 0.1) is 12.7 Å². The first-order valence-corrected chi connectivity index (χ1v) is 6.59. The summed E-state index contributed by atoms with van der Waals surface area (Å²) >= 11 is 0. The van der Waals surface area contributed by atoms with Gasteiger partial charge in [-0.3, -0.25) is 4.79 Å². The number of rotatable bonds is 3. The van der Waals surface area contributed by atoms with Crippen molar-refractivity contribution in [1.29, 1.82) is 0 Å². The Morgan fingerprint density at radius 1 is 1.27 bits per heavy atom. The van der Waals surface area contributed by atoms with Gasteiger partial charge >= 0.3 is 0 Å². The molecule has 6 heteroatoms. The molecule has 22 heavy (non-hydrogen) atoms. The van der Waals surface area contributed by atoms with Crippen LogP contribution in [0.15, 0.2) is 40.8 Å². The molecule has 5 nitrogen and oxygen atoms in total. The standard InChI is InChI=1S/C16H13FN2O3/c1-9-18-13-8-11(4-6-15(13)22-9)19-16(20)10-3-5-14(21-2)12(17)7-10/h3-8H,1-2H3,(H,19,20). The molecular weight excluding hydrogens is 287 g/mol. The summed E-state index contributed by atoms with van der Waals surface area (Å²) in [5.41, 5.74) is 2.05. The first-order chi connectivity index (χ1) is 10.6. The SMILES string of the molecule is COc1ccc(C(=O)Nc2ccc3oc(C)nc3c2)cc1F. The molecule has 0 aliphatic heterocycles. The average Bonchev–Trinajstić information content (AvgIpc) is 2.86. The number of anilines is 1. The van der Waals surface area contributed by atoms with Gasteiger partial charge in [-0.2, -0.15) is 0 Å². The molecule has 0 unspecified atom stereocenters. The number of methoxy groups -OCH3 is 1. The number of ether oxygens (including phenoxy) is 1. The lowest BCUT2D eigenvalue weighted by atomic mass is 10.2. The monoisotopic (exact) mass is 300 g/mol. The number of carbonyl (C=O) groups is 1. The van der Waals surface area contributed by atoms with Crippen molar-refractivity contribution in [3.63, 3.8) is 0 Å². The molecule has 1 N–H and O–H groups in total. The number of aryl methyl sites for hydroxylation is 1. The first-order valence-electron chi connectivity index (χ1n) is 6.59. The van der Waals surface area contributed by atoms with Crippen molar-refractivity contribution in [2.75, 3.05) is 12.4 Å². The zero-order chi connectivity index (χ0) is 15.7. The third-order valence-corrected chi connectivity index (χ3v) is 3.17. The summed E-state index contributed by atoms with van der Waals surface area (Å²) in [7, 11) is 1.37. The molecule has 0 aliphatic rings. The van der Waals surface area contributed by atoms with Crippen LogP contribution in [0.5, 0.6) is 5.75 Å². The highest BCUT2D eigenvalue weighted by atomic mass is 19.1. The molecular formula is C16H13FN2O3. The fourth-order valence-electron chi connectivity index (χ4n) is 2.13. The largest absolute Gasteiger partial charge is 0.494 e. The Morgan fingerprint density at radius 3 is 2.82 bits per heavy atom. The maximum Gasteiger partial charge on any atom is 0.255 e. The summed E-state index contributed by atoms with van der Waals surface area (Å²) in [4.78, 5) is 16.3. The van der Waals surface area contributed by atoms with Crippen molar-refractivity contribution in [2.24, 2.45) is 0 Å². The third-order valence-electron chi connectivity index (χ3n) is 3.17. The van der Waals surface area contributed by atoms with E-state index in [2.05, 4.69) is 10.3 Å². The molecule has 1 heterocycles. The number of nitrogens with one attached hydrogen (secondary N) is 1. The van der Waals surface area contributed by atoms with E-state index < -0.39 is 11.7 Å². The molecule has 0 saturated heterocycles. The number of carbonyl (C=O) groups excluding carboxylic acids is 1. The van der Waals surface area contributed by atoms with E-state index in [1.807, 2.05) is 0 Å².